The zero-order chi connectivity index (χ0) is 25.0. The first-order valence-electron chi connectivity index (χ1n) is 10.2. The Bertz CT molecular complexity index is 1520. The minimum Gasteiger partial charge on any atom is -0.489 e. The molecule has 0 atom stereocenters. The first kappa shape index (κ1) is 24.6. The highest BCUT2D eigenvalue weighted by Crippen LogP contribution is 2.33. The van der Waals surface area contributed by atoms with E-state index in [0.29, 0.717) is 33.3 Å². The summed E-state index contributed by atoms with van der Waals surface area (Å²) in [5.74, 6) is 1.23. The molecule has 4 aromatic rings. The van der Waals surface area contributed by atoms with Gasteiger partial charge in [-0.2, -0.15) is 5.26 Å². The quantitative estimate of drug-likeness (QED) is 0.315. The van der Waals surface area contributed by atoms with E-state index < -0.39 is 10.0 Å². The first-order valence-corrected chi connectivity index (χ1v) is 13.0. The topological polar surface area (TPSA) is 119 Å². The summed E-state index contributed by atoms with van der Waals surface area (Å²) in [4.78, 5) is 7.95. The maximum atomic E-state index is 11.2. The summed E-state index contributed by atoms with van der Waals surface area (Å²) in [5.41, 5.74) is 2.61. The van der Waals surface area contributed by atoms with Crippen LogP contribution in [0.15, 0.2) is 55.0 Å². The van der Waals surface area contributed by atoms with Gasteiger partial charge in [0.1, 0.15) is 25.0 Å². The Kier molecular flexibility index (Phi) is 7.31. The van der Waals surface area contributed by atoms with Gasteiger partial charge in [-0.05, 0) is 36.4 Å². The van der Waals surface area contributed by atoms with Gasteiger partial charge in [-0.1, -0.05) is 11.6 Å². The summed E-state index contributed by atoms with van der Waals surface area (Å²) in [6, 6.07) is 13.1. The van der Waals surface area contributed by atoms with E-state index in [1.807, 2.05) is 35.0 Å². The number of fused-ring (bicyclic) bond motifs is 1. The molecule has 0 fully saturated rings. The molecule has 180 valence electrons. The van der Waals surface area contributed by atoms with Crippen molar-refractivity contribution in [3.8, 4) is 23.3 Å². The van der Waals surface area contributed by atoms with Crippen molar-refractivity contribution in [2.24, 2.45) is 0 Å². The van der Waals surface area contributed by atoms with Crippen molar-refractivity contribution in [3.05, 3.63) is 71.1 Å². The fourth-order valence-electron chi connectivity index (χ4n) is 3.34. The first-order chi connectivity index (χ1) is 16.8. The summed E-state index contributed by atoms with van der Waals surface area (Å²) in [6.45, 7) is 0.453. The number of nitriles is 1. The number of sulfonamides is 1. The number of alkyl halides is 1. The number of halogens is 2. The predicted molar refractivity (Wildman–Crippen MR) is 134 cm³/mol. The molecule has 0 spiro atoms. The average molecular weight is 532 g/mol. The fraction of sp³-hybridized carbons (Fsp3) is 0.174. The molecule has 0 saturated heterocycles. The van der Waals surface area contributed by atoms with Crippen LogP contribution in [0.1, 0.15) is 11.1 Å². The third-order valence-corrected chi connectivity index (χ3v) is 5.79. The minimum absolute atomic E-state index is 0.00249. The largest absolute Gasteiger partial charge is 0.489 e. The van der Waals surface area contributed by atoms with Gasteiger partial charge >= 0.3 is 0 Å². The van der Waals surface area contributed by atoms with Crippen LogP contribution in [0.25, 0.3) is 16.6 Å². The molecule has 0 aliphatic carbocycles. The maximum absolute atomic E-state index is 11.2. The van der Waals surface area contributed by atoms with E-state index in [0.717, 1.165) is 17.2 Å². The van der Waals surface area contributed by atoms with Gasteiger partial charge in [-0.25, -0.2) is 18.4 Å². The zero-order valence-corrected chi connectivity index (χ0v) is 20.7. The molecule has 0 bridgehead atoms. The smallest absolute Gasteiger partial charge is 0.236 e. The number of nitrogens with one attached hydrogen (secondary N) is 1. The number of ether oxygens (including phenoxy) is 2. The van der Waals surface area contributed by atoms with Gasteiger partial charge < -0.3 is 14.0 Å². The van der Waals surface area contributed by atoms with E-state index in [1.165, 1.54) is 12.4 Å². The van der Waals surface area contributed by atoms with E-state index in [9.17, 15) is 13.7 Å². The van der Waals surface area contributed by atoms with Crippen molar-refractivity contribution in [2.75, 3.05) is 23.5 Å². The third-order valence-electron chi connectivity index (χ3n) is 4.80. The lowest BCUT2D eigenvalue weighted by Gasteiger charge is -2.12. The van der Waals surface area contributed by atoms with Crippen molar-refractivity contribution in [1.82, 2.24) is 14.5 Å². The Balaban J connectivity index is 1.52. The molecule has 2 heterocycles. The zero-order valence-electron chi connectivity index (χ0n) is 18.4. The van der Waals surface area contributed by atoms with Gasteiger partial charge in [0.2, 0.25) is 16.0 Å². The van der Waals surface area contributed by atoms with Crippen molar-refractivity contribution in [3.63, 3.8) is 0 Å². The van der Waals surface area contributed by atoms with Crippen LogP contribution in [-0.2, 0) is 16.6 Å². The van der Waals surface area contributed by atoms with E-state index in [-0.39, 0.29) is 25.0 Å². The number of anilines is 1. The second-order valence-electron chi connectivity index (χ2n) is 7.44. The molecule has 0 aliphatic rings. The van der Waals surface area contributed by atoms with Gasteiger partial charge in [0.15, 0.2) is 5.75 Å². The number of hydrogen-bond acceptors (Lipinski definition) is 7. The molecule has 0 radical (unpaired) electrons. The Morgan fingerprint density at radius 2 is 1.91 bits per heavy atom. The highest BCUT2D eigenvalue weighted by molar-refractivity contribution is 7.91. The molecule has 0 aliphatic heterocycles. The Labute approximate surface area is 211 Å². The SMILES string of the molecule is CS(=O)(=O)Nc1ncc(COc2ccc3c(ccn3-c3cc(Cl)c(OCCCl)c(C#N)c3)c2)cn1. The molecule has 2 aromatic heterocycles. The van der Waals surface area contributed by atoms with Crippen LogP contribution in [0.4, 0.5) is 5.95 Å². The second-order valence-corrected chi connectivity index (χ2v) is 9.97. The standard InChI is InChI=1S/C23H19Cl2N5O4S/c1-35(31,32)29-23-27-12-15(13-28-23)14-34-19-2-3-21-16(9-19)4-6-30(21)18-8-17(11-26)22(20(25)10-18)33-7-5-24/h2-4,6,8-10,12-13H,5,7,14H2,1H3,(H,27,28,29). The molecule has 9 nitrogen and oxygen atoms in total. The molecule has 0 unspecified atom stereocenters. The summed E-state index contributed by atoms with van der Waals surface area (Å²) in [5, 5.41) is 10.8. The van der Waals surface area contributed by atoms with E-state index in [1.54, 1.807) is 12.1 Å². The number of hydrogen-bond donors (Lipinski definition) is 1. The molecular weight excluding hydrogens is 513 g/mol. The molecule has 0 amide bonds. The van der Waals surface area contributed by atoms with Crippen molar-refractivity contribution in [1.29, 1.82) is 5.26 Å². The van der Waals surface area contributed by atoms with Crippen molar-refractivity contribution < 1.29 is 17.9 Å². The van der Waals surface area contributed by atoms with Crippen molar-refractivity contribution in [2.45, 2.75) is 6.61 Å². The van der Waals surface area contributed by atoms with Gasteiger partial charge in [0.25, 0.3) is 0 Å². The van der Waals surface area contributed by atoms with E-state index >= 15 is 0 Å². The normalized spacial score (nSPS) is 11.3. The Morgan fingerprint density at radius 1 is 1.14 bits per heavy atom. The average Bonchev–Trinajstić information content (AvgIpc) is 3.25. The lowest BCUT2D eigenvalue weighted by molar-refractivity contribution is 0.305. The van der Waals surface area contributed by atoms with Crippen LogP contribution in [0.5, 0.6) is 11.5 Å². The van der Waals surface area contributed by atoms with E-state index in [2.05, 4.69) is 20.8 Å². The van der Waals surface area contributed by atoms with Crippen LogP contribution in [0.2, 0.25) is 5.02 Å². The monoisotopic (exact) mass is 531 g/mol. The molecular formula is C23H19Cl2N5O4S. The molecule has 2 aromatic carbocycles. The number of rotatable bonds is 9. The molecule has 4 rings (SSSR count). The summed E-state index contributed by atoms with van der Waals surface area (Å²) >= 11 is 12.1. The third kappa shape index (κ3) is 5.95. The van der Waals surface area contributed by atoms with Crippen LogP contribution >= 0.6 is 23.2 Å². The minimum atomic E-state index is -3.44. The van der Waals surface area contributed by atoms with Crippen molar-refractivity contribution >= 4 is 50.1 Å². The molecule has 35 heavy (non-hydrogen) atoms. The van der Waals surface area contributed by atoms with Crippen LogP contribution in [0, 0.1) is 11.3 Å². The van der Waals surface area contributed by atoms with Crippen LogP contribution in [0.3, 0.4) is 0 Å². The summed E-state index contributed by atoms with van der Waals surface area (Å²) in [6.07, 6.45) is 5.89. The summed E-state index contributed by atoms with van der Waals surface area (Å²) < 4.78 is 38.0. The molecule has 1 N–H and O–H groups in total. The lowest BCUT2D eigenvalue weighted by Crippen LogP contribution is -2.12. The van der Waals surface area contributed by atoms with Gasteiger partial charge in [-0.15, -0.1) is 11.6 Å². The molecule has 0 saturated carbocycles. The Hall–Kier alpha value is -3.52. The van der Waals surface area contributed by atoms with Crippen LogP contribution in [-0.4, -0.2) is 41.7 Å². The Morgan fingerprint density at radius 3 is 2.60 bits per heavy atom. The number of nitrogens with zero attached hydrogens (tertiary/aromatic N) is 4. The summed E-state index contributed by atoms with van der Waals surface area (Å²) in [7, 11) is -3.44. The fourth-order valence-corrected chi connectivity index (χ4v) is 4.12. The second kappa shape index (κ2) is 10.4. The predicted octanol–water partition coefficient (Wildman–Crippen LogP) is 4.51. The number of benzene rings is 2. The van der Waals surface area contributed by atoms with Gasteiger partial charge in [-0.3, -0.25) is 4.72 Å². The van der Waals surface area contributed by atoms with Gasteiger partial charge in [0.05, 0.1) is 28.2 Å². The van der Waals surface area contributed by atoms with Crippen LogP contribution < -0.4 is 14.2 Å². The van der Waals surface area contributed by atoms with Gasteiger partial charge in [0, 0.05) is 35.2 Å². The lowest BCUT2D eigenvalue weighted by atomic mass is 10.2. The molecule has 12 heteroatoms. The highest BCUT2D eigenvalue weighted by atomic mass is 35.5. The number of aromatic nitrogens is 3. The maximum Gasteiger partial charge on any atom is 0.236 e. The van der Waals surface area contributed by atoms with E-state index in [4.69, 9.17) is 32.7 Å². The highest BCUT2D eigenvalue weighted by Gasteiger charge is 2.14.